The first-order valence-corrected chi connectivity index (χ1v) is 5.22. The summed E-state index contributed by atoms with van der Waals surface area (Å²) in [6, 6.07) is 0.461. The third-order valence-corrected chi connectivity index (χ3v) is 2.36. The maximum atomic E-state index is 7.28. The molecule has 0 amide bonds. The Morgan fingerprint density at radius 1 is 1.38 bits per heavy atom. The molecule has 0 heterocycles. The molecule has 0 aromatic carbocycles. The Bertz CT molecular complexity index is 145. The summed E-state index contributed by atoms with van der Waals surface area (Å²) in [5.41, 5.74) is 5.41. The van der Waals surface area contributed by atoms with E-state index in [-0.39, 0.29) is 0 Å². The number of nitrogens with zero attached hydrogens (tertiary/aromatic N) is 1. The molecule has 13 heavy (non-hydrogen) atoms. The molecule has 0 bridgehead atoms. The van der Waals surface area contributed by atoms with Crippen LogP contribution in [0.3, 0.4) is 0 Å². The fourth-order valence-electron chi connectivity index (χ4n) is 1.67. The van der Waals surface area contributed by atoms with Crippen LogP contribution in [0.5, 0.6) is 0 Å². The second-order valence-corrected chi connectivity index (χ2v) is 3.42. The Kier molecular flexibility index (Phi) is 6.59. The maximum Gasteiger partial charge on any atom is 0.0921 e. The van der Waals surface area contributed by atoms with Crippen LogP contribution < -0.4 is 5.73 Å². The summed E-state index contributed by atoms with van der Waals surface area (Å²) >= 11 is 0. The van der Waals surface area contributed by atoms with E-state index in [0.29, 0.717) is 18.3 Å². The van der Waals surface area contributed by atoms with Gasteiger partial charge >= 0.3 is 0 Å². The van der Waals surface area contributed by atoms with Gasteiger partial charge in [-0.15, -0.1) is 0 Å². The molecule has 0 aromatic heterocycles. The van der Waals surface area contributed by atoms with E-state index in [1.165, 1.54) is 6.42 Å². The molecule has 3 N–H and O–H groups in total. The number of amidine groups is 1. The largest absolute Gasteiger partial charge is 0.388 e. The van der Waals surface area contributed by atoms with E-state index in [9.17, 15) is 0 Å². The summed E-state index contributed by atoms with van der Waals surface area (Å²) in [5, 5.41) is 7.28. The first kappa shape index (κ1) is 12.4. The summed E-state index contributed by atoms with van der Waals surface area (Å²) in [7, 11) is 0. The van der Waals surface area contributed by atoms with Gasteiger partial charge in [-0.05, 0) is 25.9 Å². The zero-order valence-electron chi connectivity index (χ0n) is 9.14. The lowest BCUT2D eigenvalue weighted by Gasteiger charge is -2.29. The van der Waals surface area contributed by atoms with Gasteiger partial charge in [0.1, 0.15) is 0 Å². The lowest BCUT2D eigenvalue weighted by Crippen LogP contribution is -2.38. The van der Waals surface area contributed by atoms with Gasteiger partial charge in [0.25, 0.3) is 0 Å². The second-order valence-electron chi connectivity index (χ2n) is 3.42. The van der Waals surface area contributed by atoms with E-state index in [1.54, 1.807) is 0 Å². The Morgan fingerprint density at radius 3 is 2.31 bits per heavy atom. The fourth-order valence-corrected chi connectivity index (χ4v) is 1.67. The molecule has 0 spiro atoms. The number of nitrogens with one attached hydrogen (secondary N) is 1. The van der Waals surface area contributed by atoms with Crippen molar-refractivity contribution in [3.05, 3.63) is 0 Å². The lowest BCUT2D eigenvalue weighted by molar-refractivity contribution is 0.205. The van der Waals surface area contributed by atoms with Crippen LogP contribution in [0.4, 0.5) is 0 Å². The summed E-state index contributed by atoms with van der Waals surface area (Å²) in [4.78, 5) is 2.40. The van der Waals surface area contributed by atoms with E-state index < -0.39 is 0 Å². The van der Waals surface area contributed by atoms with Crippen LogP contribution in [0, 0.1) is 5.41 Å². The molecule has 0 fully saturated rings. The first-order valence-electron chi connectivity index (χ1n) is 5.22. The third-order valence-electron chi connectivity index (χ3n) is 2.36. The lowest BCUT2D eigenvalue weighted by atomic mass is 10.1. The van der Waals surface area contributed by atoms with E-state index in [0.717, 1.165) is 19.5 Å². The molecule has 0 aliphatic heterocycles. The Morgan fingerprint density at radius 2 is 2.00 bits per heavy atom. The van der Waals surface area contributed by atoms with Crippen molar-refractivity contribution in [3.63, 3.8) is 0 Å². The second kappa shape index (κ2) is 6.89. The van der Waals surface area contributed by atoms with Crippen molar-refractivity contribution >= 4 is 5.84 Å². The van der Waals surface area contributed by atoms with Gasteiger partial charge in [0.2, 0.25) is 0 Å². The van der Waals surface area contributed by atoms with Crippen LogP contribution in [0.15, 0.2) is 0 Å². The van der Waals surface area contributed by atoms with Crippen LogP contribution in [-0.2, 0) is 0 Å². The van der Waals surface area contributed by atoms with Gasteiger partial charge in [-0.2, -0.15) is 0 Å². The van der Waals surface area contributed by atoms with Gasteiger partial charge in [-0.3, -0.25) is 5.41 Å². The fraction of sp³-hybridized carbons (Fsp3) is 0.900. The van der Waals surface area contributed by atoms with Gasteiger partial charge in [-0.25, -0.2) is 0 Å². The minimum Gasteiger partial charge on any atom is -0.388 e. The minimum atomic E-state index is 0.307. The van der Waals surface area contributed by atoms with E-state index in [2.05, 4.69) is 25.7 Å². The monoisotopic (exact) mass is 185 g/mol. The molecular weight excluding hydrogens is 162 g/mol. The first-order chi connectivity index (χ1) is 6.15. The van der Waals surface area contributed by atoms with Crippen molar-refractivity contribution < 1.29 is 0 Å². The SMILES string of the molecule is CCCN(CC)C(CC)CC(=N)N. The minimum absolute atomic E-state index is 0.307. The van der Waals surface area contributed by atoms with Crippen molar-refractivity contribution in [2.75, 3.05) is 13.1 Å². The molecular formula is C10H23N3. The summed E-state index contributed by atoms with van der Waals surface area (Å²) in [6.45, 7) is 8.68. The van der Waals surface area contributed by atoms with Crippen molar-refractivity contribution in [2.45, 2.75) is 46.1 Å². The van der Waals surface area contributed by atoms with Crippen LogP contribution in [0.1, 0.15) is 40.0 Å². The molecule has 0 aliphatic carbocycles. The average Bonchev–Trinajstić information content (AvgIpc) is 2.10. The molecule has 0 saturated heterocycles. The molecule has 0 aliphatic rings. The number of nitrogens with two attached hydrogens (primary N) is 1. The highest BCUT2D eigenvalue weighted by molar-refractivity contribution is 5.77. The van der Waals surface area contributed by atoms with E-state index in [1.807, 2.05) is 0 Å². The van der Waals surface area contributed by atoms with Crippen LogP contribution in [0.2, 0.25) is 0 Å². The quantitative estimate of drug-likeness (QED) is 0.469. The van der Waals surface area contributed by atoms with E-state index >= 15 is 0 Å². The van der Waals surface area contributed by atoms with Crippen LogP contribution >= 0.6 is 0 Å². The predicted molar refractivity (Wildman–Crippen MR) is 58.1 cm³/mol. The van der Waals surface area contributed by atoms with Gasteiger partial charge in [-0.1, -0.05) is 20.8 Å². The third kappa shape index (κ3) is 4.88. The van der Waals surface area contributed by atoms with Crippen molar-refractivity contribution in [3.8, 4) is 0 Å². The van der Waals surface area contributed by atoms with Crippen LogP contribution in [-0.4, -0.2) is 29.9 Å². The van der Waals surface area contributed by atoms with Crippen molar-refractivity contribution in [2.24, 2.45) is 5.73 Å². The maximum absolute atomic E-state index is 7.28. The highest BCUT2D eigenvalue weighted by Crippen LogP contribution is 2.08. The molecule has 0 saturated carbocycles. The summed E-state index contributed by atoms with van der Waals surface area (Å²) in [5.74, 6) is 0.307. The zero-order valence-corrected chi connectivity index (χ0v) is 9.14. The zero-order chi connectivity index (χ0) is 10.3. The van der Waals surface area contributed by atoms with Gasteiger partial charge < -0.3 is 10.6 Å². The molecule has 0 radical (unpaired) electrons. The molecule has 0 rings (SSSR count). The highest BCUT2D eigenvalue weighted by atomic mass is 15.1. The Balaban J connectivity index is 4.07. The summed E-state index contributed by atoms with van der Waals surface area (Å²) < 4.78 is 0. The number of hydrogen-bond donors (Lipinski definition) is 2. The molecule has 3 nitrogen and oxygen atoms in total. The highest BCUT2D eigenvalue weighted by Gasteiger charge is 2.14. The summed E-state index contributed by atoms with van der Waals surface area (Å²) in [6.07, 6.45) is 2.96. The van der Waals surface area contributed by atoms with Gasteiger partial charge in [0.05, 0.1) is 5.84 Å². The average molecular weight is 185 g/mol. The van der Waals surface area contributed by atoms with E-state index in [4.69, 9.17) is 11.1 Å². The Labute approximate surface area is 81.8 Å². The van der Waals surface area contributed by atoms with Crippen molar-refractivity contribution in [1.29, 1.82) is 5.41 Å². The molecule has 3 heteroatoms. The van der Waals surface area contributed by atoms with Crippen molar-refractivity contribution in [1.82, 2.24) is 4.90 Å². The normalized spacial score (nSPS) is 13.2. The molecule has 0 aromatic rings. The number of rotatable bonds is 7. The predicted octanol–water partition coefficient (Wildman–Crippen LogP) is 1.82. The number of hydrogen-bond acceptors (Lipinski definition) is 2. The van der Waals surface area contributed by atoms with Gasteiger partial charge in [0.15, 0.2) is 0 Å². The topological polar surface area (TPSA) is 53.1 Å². The standard InChI is InChI=1S/C10H23N3/c1-4-7-13(6-3)9(5-2)8-10(11)12/h9H,4-8H2,1-3H3,(H3,11,12). The Hall–Kier alpha value is -0.570. The van der Waals surface area contributed by atoms with Gasteiger partial charge in [0, 0.05) is 12.5 Å². The smallest absolute Gasteiger partial charge is 0.0921 e. The molecule has 1 unspecified atom stereocenters. The molecule has 1 atom stereocenters. The molecule has 78 valence electrons. The van der Waals surface area contributed by atoms with Crippen LogP contribution in [0.25, 0.3) is 0 Å².